The van der Waals surface area contributed by atoms with Crippen LogP contribution in [-0.4, -0.2) is 21.8 Å². The lowest BCUT2D eigenvalue weighted by atomic mass is 10.1. The van der Waals surface area contributed by atoms with Crippen molar-refractivity contribution in [1.82, 2.24) is 14.7 Å². The molecule has 0 fully saturated rings. The molecule has 174 valence electrons. The van der Waals surface area contributed by atoms with E-state index in [9.17, 15) is 9.59 Å². The van der Waals surface area contributed by atoms with E-state index >= 15 is 0 Å². The molecule has 35 heavy (non-hydrogen) atoms. The van der Waals surface area contributed by atoms with Gasteiger partial charge in [-0.05, 0) is 36.6 Å². The van der Waals surface area contributed by atoms with Gasteiger partial charge in [-0.15, -0.1) is 0 Å². The van der Waals surface area contributed by atoms with Crippen LogP contribution in [0, 0.1) is 6.92 Å². The molecule has 3 N–H and O–H groups in total. The van der Waals surface area contributed by atoms with E-state index in [4.69, 9.17) is 10.7 Å². The normalized spacial score (nSPS) is 11.1. The van der Waals surface area contributed by atoms with Gasteiger partial charge in [-0.3, -0.25) is 14.0 Å². The van der Waals surface area contributed by atoms with Gasteiger partial charge < -0.3 is 11.1 Å². The number of aryl methyl sites for hydroxylation is 1. The number of rotatable bonds is 6. The molecule has 0 unspecified atom stereocenters. The third-order valence-electron chi connectivity index (χ3n) is 6.15. The molecule has 0 saturated carbocycles. The molecule has 7 heteroatoms. The van der Waals surface area contributed by atoms with Crippen LogP contribution in [0.1, 0.15) is 27.0 Å². The number of pyridine rings is 2. The van der Waals surface area contributed by atoms with Crippen LogP contribution in [0.25, 0.3) is 16.7 Å². The maximum absolute atomic E-state index is 13.5. The van der Waals surface area contributed by atoms with Crippen LogP contribution in [0.15, 0.2) is 89.9 Å². The zero-order chi connectivity index (χ0) is 24.4. The average Bonchev–Trinajstić information content (AvgIpc) is 2.88. The van der Waals surface area contributed by atoms with Crippen molar-refractivity contribution in [2.45, 2.75) is 19.9 Å². The summed E-state index contributed by atoms with van der Waals surface area (Å²) in [6.45, 7) is 2.74. The highest BCUT2D eigenvalue weighted by Crippen LogP contribution is 2.17. The molecule has 1 amide bonds. The van der Waals surface area contributed by atoms with E-state index in [1.165, 1.54) is 4.40 Å². The molecular formula is C28H26N5O2+. The van der Waals surface area contributed by atoms with Gasteiger partial charge in [0.1, 0.15) is 10.9 Å². The lowest BCUT2D eigenvalue weighted by Crippen LogP contribution is -2.43. The number of fused-ring (bicyclic) bond motifs is 2. The van der Waals surface area contributed by atoms with E-state index in [2.05, 4.69) is 5.32 Å². The van der Waals surface area contributed by atoms with E-state index in [0.717, 1.165) is 16.7 Å². The third-order valence-corrected chi connectivity index (χ3v) is 6.15. The van der Waals surface area contributed by atoms with E-state index in [1.54, 1.807) is 16.8 Å². The number of carbonyl (C=O) groups is 1. The first-order valence-corrected chi connectivity index (χ1v) is 11.5. The van der Waals surface area contributed by atoms with Gasteiger partial charge in [0.05, 0.1) is 6.54 Å². The van der Waals surface area contributed by atoms with Gasteiger partial charge in [0.2, 0.25) is 11.5 Å². The molecule has 3 heterocycles. The minimum absolute atomic E-state index is 0.242. The Kier molecular flexibility index (Phi) is 5.97. The highest BCUT2D eigenvalue weighted by atomic mass is 16.1. The Labute approximate surface area is 202 Å². The van der Waals surface area contributed by atoms with Crippen LogP contribution in [0.4, 0.5) is 5.82 Å². The zero-order valence-electron chi connectivity index (χ0n) is 19.4. The molecule has 5 aromatic rings. The topological polar surface area (TPSA) is 93.4 Å². The van der Waals surface area contributed by atoms with Crippen molar-refractivity contribution in [2.24, 2.45) is 0 Å². The summed E-state index contributed by atoms with van der Waals surface area (Å²) in [6, 6.07) is 25.0. The molecule has 0 aliphatic heterocycles. The number of benzene rings is 2. The molecule has 7 nitrogen and oxygen atoms in total. The van der Waals surface area contributed by atoms with Crippen molar-refractivity contribution in [3.63, 3.8) is 0 Å². The number of nitrogens with two attached hydrogens (primary N) is 1. The number of carbonyl (C=O) groups excluding carboxylic acids is 1. The number of nitrogen functional groups attached to an aromatic ring is 1. The molecule has 0 aliphatic rings. The van der Waals surface area contributed by atoms with Crippen molar-refractivity contribution >= 4 is 28.4 Å². The Balaban J connectivity index is 1.61. The monoisotopic (exact) mass is 464 g/mol. The highest BCUT2D eigenvalue weighted by Gasteiger charge is 2.25. The van der Waals surface area contributed by atoms with Crippen molar-refractivity contribution in [2.75, 3.05) is 12.3 Å². The van der Waals surface area contributed by atoms with Crippen LogP contribution in [0.3, 0.4) is 0 Å². The van der Waals surface area contributed by atoms with Crippen molar-refractivity contribution < 1.29 is 9.36 Å². The van der Waals surface area contributed by atoms with Crippen molar-refractivity contribution in [3.8, 4) is 0 Å². The Morgan fingerprint density at radius 3 is 2.40 bits per heavy atom. The quantitative estimate of drug-likeness (QED) is 0.298. The molecule has 0 spiro atoms. The highest BCUT2D eigenvalue weighted by molar-refractivity contribution is 6.00. The molecule has 2 aromatic carbocycles. The average molecular weight is 465 g/mol. The summed E-state index contributed by atoms with van der Waals surface area (Å²) in [5.74, 6) is -0.0562. The Morgan fingerprint density at radius 1 is 1.00 bits per heavy atom. The molecule has 0 aliphatic carbocycles. The smallest absolute Gasteiger partial charge is 0.278 e. The second-order valence-electron chi connectivity index (χ2n) is 8.55. The molecular weight excluding hydrogens is 438 g/mol. The zero-order valence-corrected chi connectivity index (χ0v) is 19.4. The summed E-state index contributed by atoms with van der Waals surface area (Å²) in [4.78, 5) is 31.5. The lowest BCUT2D eigenvalue weighted by molar-refractivity contribution is -0.649. The van der Waals surface area contributed by atoms with Crippen LogP contribution >= 0.6 is 0 Å². The molecule has 5 rings (SSSR count). The van der Waals surface area contributed by atoms with E-state index < -0.39 is 0 Å². The summed E-state index contributed by atoms with van der Waals surface area (Å²) in [5.41, 5.74) is 10.6. The number of aromatic nitrogens is 3. The van der Waals surface area contributed by atoms with Crippen LogP contribution in [-0.2, 0) is 13.0 Å². The van der Waals surface area contributed by atoms with Gasteiger partial charge in [-0.25, -0.2) is 4.57 Å². The summed E-state index contributed by atoms with van der Waals surface area (Å²) in [5, 5.41) is 3.29. The number of hydrogen-bond acceptors (Lipinski definition) is 4. The fourth-order valence-corrected chi connectivity index (χ4v) is 4.28. The van der Waals surface area contributed by atoms with E-state index in [0.29, 0.717) is 36.2 Å². The Bertz CT molecular complexity index is 1600. The lowest BCUT2D eigenvalue weighted by Gasteiger charge is -2.13. The Morgan fingerprint density at radius 2 is 1.69 bits per heavy atom. The SMILES string of the molecule is Cc1cccn2c(=O)c3cc(C(=O)NCCc4ccccc4)c(N)[n+](Cc4ccccc4)c3nc12. The van der Waals surface area contributed by atoms with Crippen molar-refractivity contribution in [1.29, 1.82) is 0 Å². The molecule has 0 atom stereocenters. The minimum Gasteiger partial charge on any atom is -0.351 e. The van der Waals surface area contributed by atoms with E-state index in [-0.39, 0.29) is 22.8 Å². The number of nitrogens with one attached hydrogen (secondary N) is 1. The maximum Gasteiger partial charge on any atom is 0.278 e. The molecule has 0 radical (unpaired) electrons. The van der Waals surface area contributed by atoms with Crippen LogP contribution in [0.2, 0.25) is 0 Å². The second kappa shape index (κ2) is 9.38. The number of amides is 1. The van der Waals surface area contributed by atoms with Gasteiger partial charge >= 0.3 is 0 Å². The number of nitrogens with zero attached hydrogens (tertiary/aromatic N) is 3. The largest absolute Gasteiger partial charge is 0.351 e. The van der Waals surface area contributed by atoms with E-state index in [1.807, 2.05) is 79.7 Å². The van der Waals surface area contributed by atoms with Crippen LogP contribution in [0.5, 0.6) is 0 Å². The summed E-state index contributed by atoms with van der Waals surface area (Å²) < 4.78 is 3.27. The summed E-state index contributed by atoms with van der Waals surface area (Å²) >= 11 is 0. The number of anilines is 1. The number of hydrogen-bond donors (Lipinski definition) is 2. The van der Waals surface area contributed by atoms with Gasteiger partial charge in [-0.1, -0.05) is 71.7 Å². The first-order valence-electron chi connectivity index (χ1n) is 11.5. The summed E-state index contributed by atoms with van der Waals surface area (Å²) in [7, 11) is 0. The third kappa shape index (κ3) is 4.36. The predicted molar refractivity (Wildman–Crippen MR) is 136 cm³/mol. The standard InChI is InChI=1S/C28H25N5O2/c1-19-9-8-16-32-25(19)31-26-23(28(32)35)17-22(24(29)33(26)18-21-12-6-3-7-13-21)27(34)30-15-14-20-10-4-2-5-11-20/h2-13,16-17,29H,14-15,18H2,1H3,(H,30,34)/p+1. The van der Waals surface area contributed by atoms with Gasteiger partial charge in [-0.2, -0.15) is 0 Å². The first-order chi connectivity index (χ1) is 17.0. The second-order valence-corrected chi connectivity index (χ2v) is 8.55. The van der Waals surface area contributed by atoms with Gasteiger partial charge in [0.25, 0.3) is 17.1 Å². The maximum atomic E-state index is 13.5. The van der Waals surface area contributed by atoms with Crippen LogP contribution < -0.4 is 21.2 Å². The van der Waals surface area contributed by atoms with Gasteiger partial charge in [0, 0.05) is 18.3 Å². The fraction of sp³-hybridized carbons (Fsp3) is 0.143. The molecule has 3 aromatic heterocycles. The predicted octanol–water partition coefficient (Wildman–Crippen LogP) is 3.05. The summed E-state index contributed by atoms with van der Waals surface area (Å²) in [6.07, 6.45) is 2.38. The minimum atomic E-state index is -0.323. The fourth-order valence-electron chi connectivity index (χ4n) is 4.28. The molecule has 0 saturated heterocycles. The molecule has 0 bridgehead atoms. The first kappa shape index (κ1) is 22.3. The van der Waals surface area contributed by atoms with Gasteiger partial charge in [0.15, 0.2) is 0 Å². The Hall–Kier alpha value is -4.52. The van der Waals surface area contributed by atoms with Crippen molar-refractivity contribution in [3.05, 3.63) is 118 Å².